The van der Waals surface area contributed by atoms with E-state index in [2.05, 4.69) is 48.8 Å². The van der Waals surface area contributed by atoms with Crippen molar-refractivity contribution in [1.82, 2.24) is 5.32 Å². The van der Waals surface area contributed by atoms with Crippen molar-refractivity contribution >= 4 is 11.3 Å². The maximum atomic E-state index is 5.64. The van der Waals surface area contributed by atoms with Crippen LogP contribution >= 0.6 is 11.3 Å². The number of nitrogens with one attached hydrogen (secondary N) is 1. The summed E-state index contributed by atoms with van der Waals surface area (Å²) in [4.78, 5) is 1.36. The van der Waals surface area contributed by atoms with E-state index in [-0.39, 0.29) is 6.04 Å². The third-order valence-electron chi connectivity index (χ3n) is 3.54. The zero-order valence-corrected chi connectivity index (χ0v) is 12.6. The Morgan fingerprint density at radius 3 is 2.60 bits per heavy atom. The number of ether oxygens (including phenoxy) is 2. The van der Waals surface area contributed by atoms with Crippen LogP contribution in [-0.2, 0) is 0 Å². The summed E-state index contributed by atoms with van der Waals surface area (Å²) in [6, 6.07) is 11.0. The van der Waals surface area contributed by atoms with E-state index in [1.165, 1.54) is 10.4 Å². The summed E-state index contributed by atoms with van der Waals surface area (Å²) < 4.78 is 11.2. The molecule has 0 spiro atoms. The van der Waals surface area contributed by atoms with E-state index in [4.69, 9.17) is 9.47 Å². The average Bonchev–Trinajstić information content (AvgIpc) is 3.01. The summed E-state index contributed by atoms with van der Waals surface area (Å²) in [7, 11) is 0. The van der Waals surface area contributed by atoms with Crippen molar-refractivity contribution < 1.29 is 9.47 Å². The molecule has 106 valence electrons. The van der Waals surface area contributed by atoms with E-state index in [0.29, 0.717) is 19.3 Å². The first-order valence-electron chi connectivity index (χ1n) is 6.93. The number of fused-ring (bicyclic) bond motifs is 1. The van der Waals surface area contributed by atoms with E-state index in [0.717, 1.165) is 11.5 Å². The molecule has 0 bridgehead atoms. The summed E-state index contributed by atoms with van der Waals surface area (Å²) in [6.45, 7) is 5.63. The third-order valence-corrected chi connectivity index (χ3v) is 4.59. The van der Waals surface area contributed by atoms with Gasteiger partial charge >= 0.3 is 0 Å². The molecular weight excluding hydrogens is 270 g/mol. The van der Waals surface area contributed by atoms with Gasteiger partial charge in [-0.3, -0.25) is 0 Å². The van der Waals surface area contributed by atoms with Crippen LogP contribution in [0.4, 0.5) is 0 Å². The van der Waals surface area contributed by atoms with Crippen LogP contribution in [0.3, 0.4) is 0 Å². The molecule has 0 radical (unpaired) electrons. The topological polar surface area (TPSA) is 30.5 Å². The van der Waals surface area contributed by atoms with Crippen LogP contribution in [0.2, 0.25) is 0 Å². The van der Waals surface area contributed by atoms with Gasteiger partial charge < -0.3 is 14.8 Å². The van der Waals surface area contributed by atoms with Crippen molar-refractivity contribution in [2.24, 2.45) is 0 Å². The van der Waals surface area contributed by atoms with Crippen molar-refractivity contribution in [3.8, 4) is 11.5 Å². The highest BCUT2D eigenvalue weighted by Gasteiger charge is 2.16. The first-order chi connectivity index (χ1) is 9.74. The molecule has 1 aliphatic heterocycles. The number of rotatable bonds is 4. The van der Waals surface area contributed by atoms with Crippen molar-refractivity contribution in [3.05, 3.63) is 46.2 Å². The molecule has 0 fully saturated rings. The molecule has 2 heterocycles. The van der Waals surface area contributed by atoms with Gasteiger partial charge in [0.2, 0.25) is 0 Å². The van der Waals surface area contributed by atoms with Gasteiger partial charge in [0, 0.05) is 17.0 Å². The fraction of sp³-hybridized carbons (Fsp3) is 0.375. The largest absolute Gasteiger partial charge is 0.486 e. The van der Waals surface area contributed by atoms with E-state index >= 15 is 0 Å². The first kappa shape index (κ1) is 13.5. The van der Waals surface area contributed by atoms with Gasteiger partial charge in [-0.05, 0) is 43.0 Å². The molecule has 3 rings (SSSR count). The van der Waals surface area contributed by atoms with Crippen LogP contribution in [0, 0.1) is 0 Å². The van der Waals surface area contributed by atoms with E-state index in [1.54, 1.807) is 11.3 Å². The Kier molecular flexibility index (Phi) is 3.94. The molecule has 0 aliphatic carbocycles. The second kappa shape index (κ2) is 5.85. The lowest BCUT2D eigenvalue weighted by Gasteiger charge is -2.23. The van der Waals surface area contributed by atoms with E-state index in [1.807, 2.05) is 6.07 Å². The Bertz CT molecular complexity index is 568. The van der Waals surface area contributed by atoms with Crippen molar-refractivity contribution in [3.63, 3.8) is 0 Å². The van der Waals surface area contributed by atoms with Gasteiger partial charge in [-0.2, -0.15) is 0 Å². The standard InChI is InChI=1S/C16H19NO2S/c1-11(17-12(2)16-4-3-9-20-16)13-5-6-14-15(10-13)19-8-7-18-14/h3-6,9-12,17H,7-8H2,1-2H3. The quantitative estimate of drug-likeness (QED) is 0.925. The Balaban J connectivity index is 1.72. The molecule has 0 saturated heterocycles. The maximum absolute atomic E-state index is 5.64. The summed E-state index contributed by atoms with van der Waals surface area (Å²) >= 11 is 1.78. The van der Waals surface area contributed by atoms with Crippen molar-refractivity contribution in [2.75, 3.05) is 13.2 Å². The smallest absolute Gasteiger partial charge is 0.161 e. The Morgan fingerprint density at radius 1 is 1.05 bits per heavy atom. The minimum atomic E-state index is 0.267. The highest BCUT2D eigenvalue weighted by molar-refractivity contribution is 7.10. The third kappa shape index (κ3) is 2.81. The van der Waals surface area contributed by atoms with Gasteiger partial charge in [0.05, 0.1) is 0 Å². The fourth-order valence-electron chi connectivity index (χ4n) is 2.42. The Hall–Kier alpha value is -1.52. The molecule has 3 nitrogen and oxygen atoms in total. The van der Waals surface area contributed by atoms with Gasteiger partial charge in [0.1, 0.15) is 13.2 Å². The number of hydrogen-bond acceptors (Lipinski definition) is 4. The van der Waals surface area contributed by atoms with E-state index in [9.17, 15) is 0 Å². The summed E-state index contributed by atoms with van der Waals surface area (Å²) in [6.07, 6.45) is 0. The molecule has 2 atom stereocenters. The first-order valence-corrected chi connectivity index (χ1v) is 7.81. The fourth-order valence-corrected chi connectivity index (χ4v) is 3.16. The second-order valence-electron chi connectivity index (χ2n) is 5.03. The van der Waals surface area contributed by atoms with Crippen molar-refractivity contribution in [2.45, 2.75) is 25.9 Å². The summed E-state index contributed by atoms with van der Waals surface area (Å²) in [5.41, 5.74) is 1.22. The van der Waals surface area contributed by atoms with Gasteiger partial charge in [-0.15, -0.1) is 11.3 Å². The molecular formula is C16H19NO2S. The lowest BCUT2D eigenvalue weighted by Crippen LogP contribution is -2.22. The van der Waals surface area contributed by atoms with Gasteiger partial charge in [-0.1, -0.05) is 12.1 Å². The molecule has 1 N–H and O–H groups in total. The molecule has 4 heteroatoms. The predicted molar refractivity (Wildman–Crippen MR) is 81.7 cm³/mol. The van der Waals surface area contributed by atoms with Gasteiger partial charge in [-0.25, -0.2) is 0 Å². The molecule has 20 heavy (non-hydrogen) atoms. The van der Waals surface area contributed by atoms with Crippen LogP contribution in [0.1, 0.15) is 36.4 Å². The Labute approximate surface area is 123 Å². The monoisotopic (exact) mass is 289 g/mol. The average molecular weight is 289 g/mol. The number of benzene rings is 1. The molecule has 1 aliphatic rings. The van der Waals surface area contributed by atoms with Crippen LogP contribution in [0.15, 0.2) is 35.7 Å². The van der Waals surface area contributed by atoms with E-state index < -0.39 is 0 Å². The van der Waals surface area contributed by atoms with Crippen LogP contribution < -0.4 is 14.8 Å². The minimum Gasteiger partial charge on any atom is -0.486 e. The molecule has 1 aromatic carbocycles. The molecule has 2 unspecified atom stereocenters. The maximum Gasteiger partial charge on any atom is 0.161 e. The van der Waals surface area contributed by atoms with Crippen LogP contribution in [0.5, 0.6) is 11.5 Å². The minimum absolute atomic E-state index is 0.267. The normalized spacial score (nSPS) is 16.7. The zero-order chi connectivity index (χ0) is 13.9. The molecule has 0 saturated carbocycles. The lowest BCUT2D eigenvalue weighted by molar-refractivity contribution is 0.171. The molecule has 1 aromatic heterocycles. The highest BCUT2D eigenvalue weighted by atomic mass is 32.1. The molecule has 0 amide bonds. The molecule has 2 aromatic rings. The van der Waals surface area contributed by atoms with Crippen LogP contribution in [-0.4, -0.2) is 13.2 Å². The van der Waals surface area contributed by atoms with Gasteiger partial charge in [0.25, 0.3) is 0 Å². The van der Waals surface area contributed by atoms with Crippen LogP contribution in [0.25, 0.3) is 0 Å². The summed E-state index contributed by atoms with van der Waals surface area (Å²) in [5.74, 6) is 1.70. The number of thiophene rings is 1. The van der Waals surface area contributed by atoms with Gasteiger partial charge in [0.15, 0.2) is 11.5 Å². The SMILES string of the molecule is CC(NC(C)c1cccs1)c1ccc2c(c1)OCCO2. The number of hydrogen-bond donors (Lipinski definition) is 1. The zero-order valence-electron chi connectivity index (χ0n) is 11.8. The second-order valence-corrected chi connectivity index (χ2v) is 6.01. The Morgan fingerprint density at radius 2 is 1.85 bits per heavy atom. The van der Waals surface area contributed by atoms with Crippen molar-refractivity contribution in [1.29, 1.82) is 0 Å². The summed E-state index contributed by atoms with van der Waals surface area (Å²) in [5, 5.41) is 5.73. The highest BCUT2D eigenvalue weighted by Crippen LogP contribution is 2.33. The predicted octanol–water partition coefficient (Wildman–Crippen LogP) is 3.93. The lowest BCUT2D eigenvalue weighted by atomic mass is 10.1.